The summed E-state index contributed by atoms with van der Waals surface area (Å²) in [5, 5.41) is 15.6. The predicted molar refractivity (Wildman–Crippen MR) is 101 cm³/mol. The topological polar surface area (TPSA) is 76.9 Å². The first-order valence-corrected chi connectivity index (χ1v) is 7.78. The van der Waals surface area contributed by atoms with E-state index in [-0.39, 0.29) is 0 Å². The zero-order valence-corrected chi connectivity index (χ0v) is 14.1. The summed E-state index contributed by atoms with van der Waals surface area (Å²) in [5.74, 6) is 1.29. The highest BCUT2D eigenvalue weighted by Gasteiger charge is 2.04. The average molecular weight is 330 g/mol. The minimum Gasteiger partial charge on any atom is -0.378 e. The van der Waals surface area contributed by atoms with Crippen molar-refractivity contribution in [2.45, 2.75) is 0 Å². The molecule has 0 amide bonds. The molecule has 6 heteroatoms. The third kappa shape index (κ3) is 4.03. The molecule has 6 nitrogen and oxygen atoms in total. The Hall–Kier alpha value is -3.59. The van der Waals surface area contributed by atoms with E-state index in [1.807, 2.05) is 61.5 Å². The van der Waals surface area contributed by atoms with Gasteiger partial charge in [-0.2, -0.15) is 5.26 Å². The van der Waals surface area contributed by atoms with Crippen LogP contribution >= 0.6 is 0 Å². The summed E-state index contributed by atoms with van der Waals surface area (Å²) in [4.78, 5) is 10.5. The molecule has 0 unspecified atom stereocenters. The molecule has 1 heterocycles. The third-order valence-electron chi connectivity index (χ3n) is 3.63. The normalized spacial score (nSPS) is 9.96. The van der Waals surface area contributed by atoms with Gasteiger partial charge in [0.05, 0.1) is 11.3 Å². The van der Waals surface area contributed by atoms with Gasteiger partial charge < -0.3 is 15.5 Å². The third-order valence-corrected chi connectivity index (χ3v) is 3.63. The van der Waals surface area contributed by atoms with Gasteiger partial charge in [0, 0.05) is 31.5 Å². The first kappa shape index (κ1) is 16.3. The molecule has 1 aromatic heterocycles. The Kier molecular flexibility index (Phi) is 4.77. The van der Waals surface area contributed by atoms with Gasteiger partial charge in [0.25, 0.3) is 0 Å². The average Bonchev–Trinajstić information content (AvgIpc) is 2.63. The Labute approximate surface area is 146 Å². The summed E-state index contributed by atoms with van der Waals surface area (Å²) in [7, 11) is 4.01. The monoisotopic (exact) mass is 330 g/mol. The molecule has 0 atom stereocenters. The van der Waals surface area contributed by atoms with Crippen LogP contribution in [0.4, 0.5) is 28.7 Å². The van der Waals surface area contributed by atoms with Gasteiger partial charge in [0.15, 0.2) is 0 Å². The van der Waals surface area contributed by atoms with Crippen LogP contribution in [0.5, 0.6) is 0 Å². The number of aromatic nitrogens is 2. The molecule has 0 bridgehead atoms. The SMILES string of the molecule is CN(C)c1ccc(Nc2cc(Nc3ccccc3C#N)ncn2)cc1. The molecular formula is C19H18N6. The molecule has 0 fully saturated rings. The lowest BCUT2D eigenvalue weighted by Crippen LogP contribution is -2.08. The number of benzene rings is 2. The van der Waals surface area contributed by atoms with Crippen LogP contribution < -0.4 is 15.5 Å². The highest BCUT2D eigenvalue weighted by molar-refractivity contribution is 5.67. The number of hydrogen-bond acceptors (Lipinski definition) is 6. The molecule has 0 saturated heterocycles. The van der Waals surface area contributed by atoms with Crippen molar-refractivity contribution >= 4 is 28.7 Å². The van der Waals surface area contributed by atoms with Crippen LogP contribution in [0.1, 0.15) is 5.56 Å². The smallest absolute Gasteiger partial charge is 0.135 e. The number of anilines is 5. The van der Waals surface area contributed by atoms with Crippen molar-refractivity contribution < 1.29 is 0 Å². The molecule has 3 aromatic rings. The Bertz CT molecular complexity index is 896. The van der Waals surface area contributed by atoms with Crippen molar-refractivity contribution in [3.05, 3.63) is 66.5 Å². The number of hydrogen-bond donors (Lipinski definition) is 2. The fourth-order valence-electron chi connectivity index (χ4n) is 2.31. The van der Waals surface area contributed by atoms with Gasteiger partial charge in [-0.25, -0.2) is 9.97 Å². The number of nitrogens with zero attached hydrogens (tertiary/aromatic N) is 4. The second-order valence-electron chi connectivity index (χ2n) is 5.64. The molecule has 0 saturated carbocycles. The first-order chi connectivity index (χ1) is 12.2. The van der Waals surface area contributed by atoms with Gasteiger partial charge in [-0.05, 0) is 36.4 Å². The fraction of sp³-hybridized carbons (Fsp3) is 0.105. The Morgan fingerprint density at radius 3 is 2.28 bits per heavy atom. The van der Waals surface area contributed by atoms with Crippen molar-refractivity contribution in [3.63, 3.8) is 0 Å². The highest BCUT2D eigenvalue weighted by Crippen LogP contribution is 2.22. The van der Waals surface area contributed by atoms with Crippen molar-refractivity contribution in [1.82, 2.24) is 9.97 Å². The quantitative estimate of drug-likeness (QED) is 0.739. The van der Waals surface area contributed by atoms with Crippen LogP contribution in [0.3, 0.4) is 0 Å². The van der Waals surface area contributed by atoms with E-state index < -0.39 is 0 Å². The summed E-state index contributed by atoms with van der Waals surface area (Å²) in [6.07, 6.45) is 1.48. The van der Waals surface area contributed by atoms with Crippen LogP contribution in [-0.2, 0) is 0 Å². The molecule has 2 aromatic carbocycles. The van der Waals surface area contributed by atoms with Crippen LogP contribution in [0.2, 0.25) is 0 Å². The van der Waals surface area contributed by atoms with Crippen LogP contribution in [-0.4, -0.2) is 24.1 Å². The van der Waals surface area contributed by atoms with Crippen LogP contribution in [0, 0.1) is 11.3 Å². The molecule has 3 rings (SSSR count). The maximum absolute atomic E-state index is 9.17. The molecule has 0 aliphatic rings. The maximum Gasteiger partial charge on any atom is 0.135 e. The van der Waals surface area contributed by atoms with E-state index in [0.29, 0.717) is 22.9 Å². The van der Waals surface area contributed by atoms with E-state index in [4.69, 9.17) is 5.26 Å². The van der Waals surface area contributed by atoms with Crippen molar-refractivity contribution in [3.8, 4) is 6.07 Å². The summed E-state index contributed by atoms with van der Waals surface area (Å²) < 4.78 is 0. The van der Waals surface area contributed by atoms with Gasteiger partial charge in [0.2, 0.25) is 0 Å². The Morgan fingerprint density at radius 1 is 0.920 bits per heavy atom. The highest BCUT2D eigenvalue weighted by atomic mass is 15.1. The van der Waals surface area contributed by atoms with Gasteiger partial charge in [-0.15, -0.1) is 0 Å². The second kappa shape index (κ2) is 7.32. The van der Waals surface area contributed by atoms with E-state index in [1.54, 1.807) is 12.1 Å². The van der Waals surface area contributed by atoms with Crippen molar-refractivity contribution in [1.29, 1.82) is 5.26 Å². The van der Waals surface area contributed by atoms with Gasteiger partial charge in [-0.3, -0.25) is 0 Å². The number of para-hydroxylation sites is 1. The fourth-order valence-corrected chi connectivity index (χ4v) is 2.31. The van der Waals surface area contributed by atoms with Crippen molar-refractivity contribution in [2.24, 2.45) is 0 Å². The second-order valence-corrected chi connectivity index (χ2v) is 5.64. The summed E-state index contributed by atoms with van der Waals surface area (Å²) >= 11 is 0. The minimum absolute atomic E-state index is 0.565. The summed E-state index contributed by atoms with van der Waals surface area (Å²) in [6, 6.07) is 19.3. The molecule has 124 valence electrons. The Morgan fingerprint density at radius 2 is 1.60 bits per heavy atom. The lowest BCUT2D eigenvalue weighted by atomic mass is 10.2. The van der Waals surface area contributed by atoms with Gasteiger partial charge in [0.1, 0.15) is 24.0 Å². The standard InChI is InChI=1S/C19H18N6/c1-25(2)16-9-7-15(8-10-16)23-18-11-19(22-13-21-18)24-17-6-4-3-5-14(17)12-20/h3-11,13H,1-2H3,(H2,21,22,23,24). The Balaban J connectivity index is 1.76. The predicted octanol–water partition coefficient (Wildman–Crippen LogP) is 3.90. The van der Waals surface area contributed by atoms with E-state index in [2.05, 4.69) is 26.7 Å². The molecule has 0 radical (unpaired) electrons. The summed E-state index contributed by atoms with van der Waals surface area (Å²) in [5.41, 5.74) is 3.34. The summed E-state index contributed by atoms with van der Waals surface area (Å²) in [6.45, 7) is 0. The van der Waals surface area contributed by atoms with E-state index in [1.165, 1.54) is 6.33 Å². The van der Waals surface area contributed by atoms with Crippen LogP contribution in [0.25, 0.3) is 0 Å². The molecular weight excluding hydrogens is 312 g/mol. The number of nitrogens with one attached hydrogen (secondary N) is 2. The van der Waals surface area contributed by atoms with Crippen molar-refractivity contribution in [2.75, 3.05) is 29.6 Å². The largest absolute Gasteiger partial charge is 0.378 e. The zero-order valence-electron chi connectivity index (χ0n) is 14.1. The number of nitriles is 1. The zero-order chi connectivity index (χ0) is 17.6. The van der Waals surface area contributed by atoms with Gasteiger partial charge >= 0.3 is 0 Å². The molecule has 0 aliphatic heterocycles. The van der Waals surface area contributed by atoms with E-state index >= 15 is 0 Å². The van der Waals surface area contributed by atoms with Gasteiger partial charge in [-0.1, -0.05) is 12.1 Å². The first-order valence-electron chi connectivity index (χ1n) is 7.78. The molecule has 25 heavy (non-hydrogen) atoms. The molecule has 0 spiro atoms. The lowest BCUT2D eigenvalue weighted by Gasteiger charge is -2.13. The van der Waals surface area contributed by atoms with E-state index in [9.17, 15) is 0 Å². The molecule has 2 N–H and O–H groups in total. The van der Waals surface area contributed by atoms with E-state index in [0.717, 1.165) is 11.4 Å². The maximum atomic E-state index is 9.17. The molecule has 0 aliphatic carbocycles. The minimum atomic E-state index is 0.565. The lowest BCUT2D eigenvalue weighted by molar-refractivity contribution is 1.13. The van der Waals surface area contributed by atoms with Crippen LogP contribution in [0.15, 0.2) is 60.9 Å². The number of rotatable bonds is 5.